The molecule has 2 aromatic carbocycles. The number of hydrogen-bond donors (Lipinski definition) is 1. The van der Waals surface area contributed by atoms with Crippen molar-refractivity contribution in [2.45, 2.75) is 36.8 Å². The predicted octanol–water partition coefficient (Wildman–Crippen LogP) is 2.28. The number of benzene rings is 2. The molecule has 4 aromatic rings. The molecule has 0 radical (unpaired) electrons. The van der Waals surface area contributed by atoms with Crippen molar-refractivity contribution >= 4 is 32.8 Å². The molecule has 198 valence electrons. The second-order valence-corrected chi connectivity index (χ2v) is 11.3. The van der Waals surface area contributed by atoms with E-state index in [1.165, 1.54) is 32.7 Å². The van der Waals surface area contributed by atoms with Gasteiger partial charge in [0.25, 0.3) is 15.6 Å². The van der Waals surface area contributed by atoms with E-state index >= 15 is 0 Å². The minimum absolute atomic E-state index is 0.00436. The average molecular weight is 537 g/mol. The number of anilines is 1. The Hall–Kier alpha value is -4.03. The molecule has 0 spiro atoms. The molecule has 0 bridgehead atoms. The number of hydrogen-bond acceptors (Lipinski definition) is 7. The van der Waals surface area contributed by atoms with E-state index in [2.05, 4.69) is 10.1 Å². The minimum Gasteiger partial charge on any atom is -0.388 e. The summed E-state index contributed by atoms with van der Waals surface area (Å²) in [5.74, 6) is 0. The van der Waals surface area contributed by atoms with Gasteiger partial charge in [-0.2, -0.15) is 9.40 Å². The summed E-state index contributed by atoms with van der Waals surface area (Å²) in [6, 6.07) is 14.0. The van der Waals surface area contributed by atoms with Crippen molar-refractivity contribution in [2.75, 3.05) is 17.4 Å². The molecule has 0 atom stereocenters. The fourth-order valence-corrected chi connectivity index (χ4v) is 6.40. The highest BCUT2D eigenvalue weighted by atomic mass is 32.2. The van der Waals surface area contributed by atoms with Gasteiger partial charge in [0.15, 0.2) is 5.65 Å². The molecule has 0 saturated carbocycles. The number of nitrogens with zero attached hydrogens (tertiary/aromatic N) is 6. The fraction of sp³-hybridized carbons (Fsp3) is 0.308. The molecule has 1 saturated heterocycles. The molecular weight excluding hydrogens is 508 g/mol. The highest BCUT2D eigenvalue weighted by Gasteiger charge is 2.40. The summed E-state index contributed by atoms with van der Waals surface area (Å²) < 4.78 is 31.1. The number of urea groups is 1. The zero-order valence-corrected chi connectivity index (χ0v) is 21.9. The van der Waals surface area contributed by atoms with Gasteiger partial charge in [0.05, 0.1) is 28.9 Å². The molecule has 0 unspecified atom stereocenters. The maximum atomic E-state index is 13.7. The second-order valence-electron chi connectivity index (χ2n) is 9.55. The van der Waals surface area contributed by atoms with Crippen LogP contribution in [0.2, 0.25) is 0 Å². The maximum absolute atomic E-state index is 13.7. The van der Waals surface area contributed by atoms with Crippen LogP contribution in [0.5, 0.6) is 0 Å². The molecule has 1 aliphatic heterocycles. The Morgan fingerprint density at radius 1 is 1.08 bits per heavy atom. The number of aromatic nitrogens is 4. The molecule has 12 heteroatoms. The molecular formula is C26H28N6O5S. The number of aliphatic hydroxyl groups is 1. The van der Waals surface area contributed by atoms with E-state index in [0.717, 1.165) is 4.31 Å². The highest BCUT2D eigenvalue weighted by molar-refractivity contribution is 7.93. The number of likely N-dealkylation sites (tertiary alicyclic amines) is 1. The number of rotatable bonds is 5. The number of amides is 2. The van der Waals surface area contributed by atoms with Crippen LogP contribution in [-0.4, -0.2) is 62.5 Å². The minimum atomic E-state index is -4.22. The number of fused-ring (bicyclic) bond motifs is 1. The van der Waals surface area contributed by atoms with Gasteiger partial charge in [0.2, 0.25) is 0 Å². The molecule has 11 nitrogen and oxygen atoms in total. The van der Waals surface area contributed by atoms with Crippen LogP contribution < -0.4 is 9.86 Å². The summed E-state index contributed by atoms with van der Waals surface area (Å²) in [5.41, 5.74) is -0.378. The molecule has 5 rings (SSSR count). The Morgan fingerprint density at radius 2 is 1.74 bits per heavy atom. The third-order valence-corrected chi connectivity index (χ3v) is 8.79. The lowest BCUT2D eigenvalue weighted by Gasteiger charge is -2.40. The fourth-order valence-electron chi connectivity index (χ4n) is 4.76. The maximum Gasteiger partial charge on any atom is 0.338 e. The summed E-state index contributed by atoms with van der Waals surface area (Å²) >= 11 is 0. The first-order chi connectivity index (χ1) is 18.1. The molecule has 1 aliphatic rings. The smallest absolute Gasteiger partial charge is 0.338 e. The topological polar surface area (TPSA) is 131 Å². The van der Waals surface area contributed by atoms with Crippen LogP contribution in [0, 0.1) is 6.92 Å². The largest absolute Gasteiger partial charge is 0.388 e. The molecule has 1 fully saturated rings. The Kier molecular flexibility index (Phi) is 6.53. The van der Waals surface area contributed by atoms with Crippen LogP contribution in [0.1, 0.15) is 18.4 Å². The quantitative estimate of drug-likeness (QED) is 0.414. The van der Waals surface area contributed by atoms with E-state index in [0.29, 0.717) is 16.6 Å². The number of para-hydroxylation sites is 1. The number of carbonyl (C=O) groups excluding carboxylic acids is 1. The summed E-state index contributed by atoms with van der Waals surface area (Å²) in [5, 5.41) is 15.7. The standard InChI is InChI=1S/C26H28N6O5S/c1-19-8-6-7-11-22(19)38(36,37)32(20-9-4-3-5-10-20)25(34)30-14-12-26(35,13-15-30)17-31-18-27-23-21(24(31)33)16-28-29(23)2/h3-11,16,18,35H,12-15,17H2,1-2H3. The number of carbonyl (C=O) groups is 1. The van der Waals surface area contributed by atoms with Gasteiger partial charge in [-0.3, -0.25) is 14.0 Å². The van der Waals surface area contributed by atoms with E-state index in [9.17, 15) is 23.1 Å². The van der Waals surface area contributed by atoms with Crippen molar-refractivity contribution in [3.05, 3.63) is 83.0 Å². The first kappa shape index (κ1) is 25.6. The number of aryl methyl sites for hydroxylation is 2. The predicted molar refractivity (Wildman–Crippen MR) is 141 cm³/mol. The highest BCUT2D eigenvalue weighted by Crippen LogP contribution is 2.30. The summed E-state index contributed by atoms with van der Waals surface area (Å²) in [6.07, 6.45) is 3.14. The Morgan fingerprint density at radius 3 is 2.42 bits per heavy atom. The Bertz CT molecular complexity index is 1660. The van der Waals surface area contributed by atoms with Crippen LogP contribution in [0.25, 0.3) is 11.0 Å². The van der Waals surface area contributed by atoms with E-state index in [4.69, 9.17) is 0 Å². The zero-order valence-electron chi connectivity index (χ0n) is 21.1. The second kappa shape index (κ2) is 9.69. The first-order valence-electron chi connectivity index (χ1n) is 12.2. The van der Waals surface area contributed by atoms with Gasteiger partial charge in [-0.25, -0.2) is 18.2 Å². The first-order valence-corrected chi connectivity index (χ1v) is 13.6. The van der Waals surface area contributed by atoms with Crippen molar-refractivity contribution in [3.8, 4) is 0 Å². The van der Waals surface area contributed by atoms with Gasteiger partial charge in [0, 0.05) is 20.1 Å². The molecule has 2 amide bonds. The van der Waals surface area contributed by atoms with Crippen molar-refractivity contribution in [1.82, 2.24) is 24.2 Å². The monoisotopic (exact) mass is 536 g/mol. The van der Waals surface area contributed by atoms with Gasteiger partial charge in [0.1, 0.15) is 11.7 Å². The van der Waals surface area contributed by atoms with Crippen LogP contribution in [0.3, 0.4) is 0 Å². The van der Waals surface area contributed by atoms with E-state index < -0.39 is 21.7 Å². The molecule has 2 aromatic heterocycles. The Labute approximate surface area is 219 Å². The third-order valence-electron chi connectivity index (χ3n) is 6.92. The normalized spacial score (nSPS) is 15.5. The van der Waals surface area contributed by atoms with Gasteiger partial charge in [-0.15, -0.1) is 0 Å². The van der Waals surface area contributed by atoms with Gasteiger partial charge in [-0.1, -0.05) is 36.4 Å². The number of sulfonamides is 1. The van der Waals surface area contributed by atoms with Gasteiger partial charge >= 0.3 is 6.03 Å². The molecule has 0 aliphatic carbocycles. The van der Waals surface area contributed by atoms with Gasteiger partial charge < -0.3 is 10.0 Å². The van der Waals surface area contributed by atoms with Crippen molar-refractivity contribution in [2.24, 2.45) is 7.05 Å². The molecule has 38 heavy (non-hydrogen) atoms. The molecule has 3 heterocycles. The van der Waals surface area contributed by atoms with Gasteiger partial charge in [-0.05, 0) is 43.5 Å². The van der Waals surface area contributed by atoms with E-state index in [1.54, 1.807) is 62.5 Å². The van der Waals surface area contributed by atoms with Crippen LogP contribution in [-0.2, 0) is 23.6 Å². The average Bonchev–Trinajstić information content (AvgIpc) is 3.28. The van der Waals surface area contributed by atoms with E-state index in [-0.39, 0.29) is 48.6 Å². The van der Waals surface area contributed by atoms with Crippen LogP contribution >= 0.6 is 0 Å². The van der Waals surface area contributed by atoms with Crippen LogP contribution in [0.4, 0.5) is 10.5 Å². The van der Waals surface area contributed by atoms with Crippen LogP contribution in [0.15, 0.2) is 76.8 Å². The zero-order chi connectivity index (χ0) is 27.1. The number of piperidine rings is 1. The van der Waals surface area contributed by atoms with Crippen molar-refractivity contribution < 1.29 is 18.3 Å². The SMILES string of the molecule is Cc1ccccc1S(=O)(=O)N(C(=O)N1CCC(O)(Cn2cnc3c(cnn3C)c2=O)CC1)c1ccccc1. The third kappa shape index (κ3) is 4.56. The van der Waals surface area contributed by atoms with E-state index in [1.807, 2.05) is 0 Å². The summed E-state index contributed by atoms with van der Waals surface area (Å²) in [6.45, 7) is 1.90. The lowest BCUT2D eigenvalue weighted by atomic mass is 9.91. The Balaban J connectivity index is 1.38. The lowest BCUT2D eigenvalue weighted by molar-refractivity contribution is -0.0258. The van der Waals surface area contributed by atoms with Crippen molar-refractivity contribution in [1.29, 1.82) is 0 Å². The lowest BCUT2D eigenvalue weighted by Crippen LogP contribution is -2.54. The summed E-state index contributed by atoms with van der Waals surface area (Å²) in [7, 11) is -2.53. The van der Waals surface area contributed by atoms with Crippen molar-refractivity contribution in [3.63, 3.8) is 0 Å². The summed E-state index contributed by atoms with van der Waals surface area (Å²) in [4.78, 5) is 32.3. The molecule has 1 N–H and O–H groups in total.